The Bertz CT molecular complexity index is 5960. The lowest BCUT2D eigenvalue weighted by molar-refractivity contribution is 0.406. The number of phenols is 12. The maximum Gasteiger partial charge on any atom is 0.123 e. The molecule has 0 radical (unpaired) electrons. The lowest BCUT2D eigenvalue weighted by Crippen LogP contribution is -2.11. The van der Waals surface area contributed by atoms with Crippen molar-refractivity contribution in [2.45, 2.75) is 369 Å². The molecule has 8 aliphatic carbocycles. The fourth-order valence-corrected chi connectivity index (χ4v) is 26.5. The molecule has 12 aromatic carbocycles. The number of para-hydroxylation sites is 3. The van der Waals surface area contributed by atoms with Crippen LogP contribution in [0.15, 0.2) is 206 Å². The zero-order valence-corrected chi connectivity index (χ0v) is 85.2. The quantitative estimate of drug-likeness (QED) is 0.0319. The lowest BCUT2D eigenvalue weighted by Gasteiger charge is -2.28. The van der Waals surface area contributed by atoms with Gasteiger partial charge < -0.3 is 61.3 Å². The van der Waals surface area contributed by atoms with Crippen molar-refractivity contribution in [1.82, 2.24) is 0 Å². The Labute approximate surface area is 845 Å². The van der Waals surface area contributed by atoms with E-state index in [2.05, 4.69) is 103 Å². The van der Waals surface area contributed by atoms with Crippen LogP contribution in [0.4, 0.5) is 0 Å². The minimum absolute atomic E-state index is 0.0473. The molecule has 0 aromatic heterocycles. The third kappa shape index (κ3) is 23.5. The second kappa shape index (κ2) is 47.2. The zero-order valence-electron chi connectivity index (χ0n) is 85.2. The molecule has 0 spiro atoms. The van der Waals surface area contributed by atoms with Crippen LogP contribution in [0.3, 0.4) is 0 Å². The Morgan fingerprint density at radius 1 is 0.162 bits per heavy atom. The van der Waals surface area contributed by atoms with Crippen molar-refractivity contribution in [3.8, 4) is 69.0 Å². The summed E-state index contributed by atoms with van der Waals surface area (Å²) in [5.41, 5.74) is 26.2. The van der Waals surface area contributed by atoms with Gasteiger partial charge in [-0.1, -0.05) is 318 Å². The van der Waals surface area contributed by atoms with Gasteiger partial charge >= 0.3 is 0 Å². The van der Waals surface area contributed by atoms with Crippen LogP contribution in [-0.2, 0) is 0 Å². The van der Waals surface area contributed by atoms with Crippen molar-refractivity contribution < 1.29 is 61.3 Å². The summed E-state index contributed by atoms with van der Waals surface area (Å²) in [6, 6.07) is 68.0. The van der Waals surface area contributed by atoms with Crippen LogP contribution in [0.1, 0.15) is 472 Å². The van der Waals surface area contributed by atoms with Crippen LogP contribution in [0.2, 0.25) is 0 Å². The third-order valence-corrected chi connectivity index (χ3v) is 34.2. The molecule has 748 valence electrons. The molecule has 8 aliphatic rings. The number of rotatable bonds is 20. The standard InChI is InChI=1S/3C33H40O3.C31H36O3/c1-21-17-25(19-28(32(21)35)23-11-5-3-6-12-23)31(27-15-9-10-16-30(27)34)26-18-22(2)33(36)29(20-26)24-13-7-4-8-14-24;1-21-16-26(19-29(32(21)35)23-10-5-3-6-11-23)31(25-14-9-15-28(34)18-25)27-17-22(2)33(36)30(20-27)24-12-7-4-8-13-24;1-21-17-26(19-29(32(21)35)23-9-5-3-6-10-23)31(25-13-15-28(34)16-14-25)27-18-22(2)33(36)30(20-27)24-11-7-4-8-12-24;32-24-19-17-23(18-20-24)29(27-15-7-13-25(30(27)33)21-9-3-1-4-10-21)28-16-8-14-26(31(28)34)22-11-5-2-6-12-22/h9-10,15-20,23-24,31,34-36H,3-8,11-14H2,1-2H3;9,14-20,23-24,31,34-36H,3-8,10-13H2,1-2H3;13-20,23-24,31,34-36H,3-12H2,1-2H3;7-8,13-22,29,32-34H,1-6,9-12H2. The molecule has 0 saturated heterocycles. The minimum Gasteiger partial charge on any atom is -0.508 e. The van der Waals surface area contributed by atoms with E-state index in [9.17, 15) is 61.3 Å². The van der Waals surface area contributed by atoms with E-state index in [0.717, 1.165) is 247 Å². The fraction of sp³-hybridized carbons (Fsp3) is 0.446. The summed E-state index contributed by atoms with van der Waals surface area (Å²) in [6.07, 6.45) is 47.5. The maximum absolute atomic E-state index is 11.6. The topological polar surface area (TPSA) is 243 Å². The van der Waals surface area contributed by atoms with E-state index in [0.29, 0.717) is 93.3 Å². The summed E-state index contributed by atoms with van der Waals surface area (Å²) in [5, 5.41) is 131. The van der Waals surface area contributed by atoms with Crippen LogP contribution >= 0.6 is 0 Å². The van der Waals surface area contributed by atoms with Gasteiger partial charge in [0.2, 0.25) is 0 Å². The molecule has 0 heterocycles. The van der Waals surface area contributed by atoms with Crippen molar-refractivity contribution >= 4 is 0 Å². The van der Waals surface area contributed by atoms with E-state index < -0.39 is 0 Å². The van der Waals surface area contributed by atoms with Gasteiger partial charge in [0.1, 0.15) is 69.0 Å². The Morgan fingerprint density at radius 2 is 0.387 bits per heavy atom. The molecule has 12 aromatic rings. The SMILES string of the molecule is Cc1cc(C(c2cc(C)c(O)c(C3CCCCC3)c2)c2ccccc2O)cc(C2CCCCC2)c1O.Cc1cc(C(c2ccc(O)cc2)c2cc(C)c(O)c(C3CCCCC3)c2)cc(C2CCCCC2)c1O.Cc1cc(C(c2cccc(O)c2)c2cc(C)c(O)c(C3CCCCC3)c2)cc(C2CCCCC2)c1O.Oc1ccc(C(c2cccc(C3CCCCC3)c2O)c2cccc(C3CCCCC3)c2O)cc1. The molecule has 12 nitrogen and oxygen atoms in total. The van der Waals surface area contributed by atoms with Gasteiger partial charge in [0.05, 0.1) is 0 Å². The highest BCUT2D eigenvalue weighted by Crippen LogP contribution is 2.55. The van der Waals surface area contributed by atoms with Crippen molar-refractivity contribution in [3.05, 3.63) is 351 Å². The predicted octanol–water partition coefficient (Wildman–Crippen LogP) is 34.2. The number of hydrogen-bond acceptors (Lipinski definition) is 12. The molecule has 0 aliphatic heterocycles. The van der Waals surface area contributed by atoms with Gasteiger partial charge in [0.25, 0.3) is 0 Å². The molecule has 0 amide bonds. The molecule has 12 heteroatoms. The molecule has 0 bridgehead atoms. The molecule has 8 fully saturated rings. The molecular formula is C130H156O12. The average molecular weight is 1910 g/mol. The summed E-state index contributed by atoms with van der Waals surface area (Å²) in [6.45, 7) is 12.0. The lowest BCUT2D eigenvalue weighted by atomic mass is 9.77. The first-order valence-electron chi connectivity index (χ1n) is 54.7. The van der Waals surface area contributed by atoms with Gasteiger partial charge in [-0.3, -0.25) is 0 Å². The summed E-state index contributed by atoms with van der Waals surface area (Å²) < 4.78 is 0. The van der Waals surface area contributed by atoms with Crippen LogP contribution in [0.5, 0.6) is 69.0 Å². The van der Waals surface area contributed by atoms with Gasteiger partial charge in [-0.2, -0.15) is 0 Å². The van der Waals surface area contributed by atoms with E-state index in [1.54, 1.807) is 36.4 Å². The summed E-state index contributed by atoms with van der Waals surface area (Å²) >= 11 is 0. The van der Waals surface area contributed by atoms with Gasteiger partial charge in [-0.05, 0) is 362 Å². The van der Waals surface area contributed by atoms with Crippen molar-refractivity contribution in [1.29, 1.82) is 0 Å². The summed E-state index contributed by atoms with van der Waals surface area (Å²) in [7, 11) is 0. The third-order valence-electron chi connectivity index (χ3n) is 34.2. The Kier molecular flexibility index (Phi) is 33.8. The predicted molar refractivity (Wildman–Crippen MR) is 576 cm³/mol. The van der Waals surface area contributed by atoms with Crippen LogP contribution in [-0.4, -0.2) is 61.3 Å². The van der Waals surface area contributed by atoms with Crippen molar-refractivity contribution in [3.63, 3.8) is 0 Å². The first-order valence-corrected chi connectivity index (χ1v) is 54.7. The molecule has 12 N–H and O–H groups in total. The molecule has 20 rings (SSSR count). The highest BCUT2D eigenvalue weighted by atomic mass is 16.3. The van der Waals surface area contributed by atoms with Gasteiger partial charge in [-0.25, -0.2) is 0 Å². The van der Waals surface area contributed by atoms with Crippen molar-refractivity contribution in [2.24, 2.45) is 0 Å². The normalized spacial score (nSPS) is 17.6. The smallest absolute Gasteiger partial charge is 0.123 e. The monoisotopic (exact) mass is 1910 g/mol. The molecule has 142 heavy (non-hydrogen) atoms. The number of aryl methyl sites for hydroxylation is 6. The van der Waals surface area contributed by atoms with E-state index in [4.69, 9.17) is 0 Å². The maximum atomic E-state index is 11.6. The first-order chi connectivity index (χ1) is 68.9. The molecule has 8 saturated carbocycles. The van der Waals surface area contributed by atoms with Crippen LogP contribution in [0.25, 0.3) is 0 Å². The summed E-state index contributed by atoms with van der Waals surface area (Å²) in [4.78, 5) is 0. The highest BCUT2D eigenvalue weighted by Gasteiger charge is 2.36. The second-order valence-electron chi connectivity index (χ2n) is 44.0. The van der Waals surface area contributed by atoms with E-state index >= 15 is 0 Å². The second-order valence-corrected chi connectivity index (χ2v) is 44.0. The first kappa shape index (κ1) is 102. The number of aromatic hydroxyl groups is 12. The minimum atomic E-state index is -0.312. The van der Waals surface area contributed by atoms with Crippen LogP contribution in [0, 0.1) is 41.5 Å². The number of hydrogen-bond donors (Lipinski definition) is 12. The van der Waals surface area contributed by atoms with Crippen molar-refractivity contribution in [2.75, 3.05) is 0 Å². The fourth-order valence-electron chi connectivity index (χ4n) is 26.5. The summed E-state index contributed by atoms with van der Waals surface area (Å²) in [5.74, 6) is 6.78. The molecule has 0 unspecified atom stereocenters. The van der Waals surface area contributed by atoms with Gasteiger partial charge in [-0.15, -0.1) is 0 Å². The Morgan fingerprint density at radius 3 is 0.648 bits per heavy atom. The van der Waals surface area contributed by atoms with E-state index in [1.165, 1.54) is 154 Å². The van der Waals surface area contributed by atoms with Gasteiger partial charge in [0, 0.05) is 40.4 Å². The average Bonchev–Trinajstić information content (AvgIpc) is 0.776. The molecule has 0 atom stereocenters. The largest absolute Gasteiger partial charge is 0.508 e. The Balaban J connectivity index is 0.000000130. The van der Waals surface area contributed by atoms with E-state index in [-0.39, 0.29) is 46.7 Å². The van der Waals surface area contributed by atoms with Crippen LogP contribution < -0.4 is 0 Å². The van der Waals surface area contributed by atoms with E-state index in [1.807, 2.05) is 108 Å². The number of phenolic OH excluding ortho intramolecular Hbond substituents is 12. The van der Waals surface area contributed by atoms with Gasteiger partial charge in [0.15, 0.2) is 0 Å². The number of benzene rings is 12. The highest BCUT2D eigenvalue weighted by molar-refractivity contribution is 5.63. The Hall–Kier alpha value is -11.8. The molecular weight excluding hydrogens is 1750 g/mol. The zero-order chi connectivity index (χ0) is 99.2.